The quantitative estimate of drug-likeness (QED) is 0.815. The third-order valence-electron chi connectivity index (χ3n) is 3.86. The lowest BCUT2D eigenvalue weighted by molar-refractivity contribution is 0.0528. The van der Waals surface area contributed by atoms with E-state index in [0.29, 0.717) is 30.7 Å². The van der Waals surface area contributed by atoms with Crippen molar-refractivity contribution < 1.29 is 13.9 Å². The van der Waals surface area contributed by atoms with Crippen molar-refractivity contribution in [3.8, 4) is 0 Å². The number of anilines is 1. The summed E-state index contributed by atoms with van der Waals surface area (Å²) < 4.78 is 20.2. The number of halogens is 1. The second-order valence-electron chi connectivity index (χ2n) is 5.33. The van der Waals surface area contributed by atoms with Gasteiger partial charge in [-0.05, 0) is 26.0 Å². The van der Waals surface area contributed by atoms with Crippen LogP contribution in [0.5, 0.6) is 0 Å². The molecule has 0 N–H and O–H groups in total. The highest BCUT2D eigenvalue weighted by molar-refractivity contribution is 5.97. The largest absolute Gasteiger partial charge is 0.462 e. The van der Waals surface area contributed by atoms with Gasteiger partial charge in [-0.3, -0.25) is 0 Å². The van der Waals surface area contributed by atoms with E-state index in [4.69, 9.17) is 4.74 Å². The van der Waals surface area contributed by atoms with Gasteiger partial charge in [-0.25, -0.2) is 13.7 Å². The van der Waals surface area contributed by atoms with Crippen LogP contribution in [0.1, 0.15) is 30.6 Å². The van der Waals surface area contributed by atoms with E-state index in [2.05, 4.69) is 5.10 Å². The molecule has 1 saturated heterocycles. The Balaban J connectivity index is 1.99. The van der Waals surface area contributed by atoms with Crippen LogP contribution in [-0.2, 0) is 4.74 Å². The average Bonchev–Trinajstić information content (AvgIpc) is 3.01. The van der Waals surface area contributed by atoms with Gasteiger partial charge in [-0.2, -0.15) is 5.10 Å². The summed E-state index contributed by atoms with van der Waals surface area (Å²) in [5.41, 5.74) is 2.02. The predicted molar refractivity (Wildman–Crippen MR) is 77.5 cm³/mol. The Bertz CT molecular complexity index is 670. The third kappa shape index (κ3) is 2.46. The fourth-order valence-electron chi connectivity index (χ4n) is 2.84. The smallest absolute Gasteiger partial charge is 0.341 e. The maximum Gasteiger partial charge on any atom is 0.341 e. The Hall–Kier alpha value is -2.11. The minimum Gasteiger partial charge on any atom is -0.462 e. The fourth-order valence-corrected chi connectivity index (χ4v) is 2.84. The highest BCUT2D eigenvalue weighted by Crippen LogP contribution is 2.28. The molecule has 5 nitrogen and oxygen atoms in total. The molecule has 0 aliphatic carbocycles. The Kier molecular flexibility index (Phi) is 3.53. The number of ether oxygens (including phenoxy) is 1. The Morgan fingerprint density at radius 1 is 1.57 bits per heavy atom. The summed E-state index contributed by atoms with van der Waals surface area (Å²) in [4.78, 5) is 13.9. The summed E-state index contributed by atoms with van der Waals surface area (Å²) in [5.74, 6) is -0.387. The minimum atomic E-state index is -0.800. The molecule has 21 heavy (non-hydrogen) atoms. The molecule has 0 radical (unpaired) electrons. The molecule has 2 aromatic heterocycles. The van der Waals surface area contributed by atoms with Crippen LogP contribution in [0, 0.1) is 0 Å². The molecule has 1 fully saturated rings. The van der Waals surface area contributed by atoms with E-state index in [9.17, 15) is 9.18 Å². The molecular formula is C15H18FN3O2. The molecule has 1 aliphatic rings. The fraction of sp³-hybridized carbons (Fsp3) is 0.467. The van der Waals surface area contributed by atoms with Crippen LogP contribution in [0.4, 0.5) is 10.1 Å². The van der Waals surface area contributed by atoms with Gasteiger partial charge in [0.25, 0.3) is 0 Å². The summed E-state index contributed by atoms with van der Waals surface area (Å²) in [5, 5.41) is 4.15. The molecule has 1 aliphatic heterocycles. The standard InChI is InChI=1S/C15H18FN3O2/c1-3-21-15(20)13-8-17-19-5-4-12(7-14(13)19)18-9-11(16)6-10(18)2/h4-5,7-8,10-11H,3,6,9H2,1-2H3/t10-,11+/m0/s1. The first-order valence-electron chi connectivity index (χ1n) is 7.15. The second kappa shape index (κ2) is 5.35. The molecule has 0 aromatic carbocycles. The summed E-state index contributed by atoms with van der Waals surface area (Å²) in [6.45, 7) is 4.48. The Labute approximate surface area is 122 Å². The molecule has 0 spiro atoms. The summed E-state index contributed by atoms with van der Waals surface area (Å²) >= 11 is 0. The lowest BCUT2D eigenvalue weighted by Gasteiger charge is -2.23. The maximum atomic E-state index is 13.5. The number of fused-ring (bicyclic) bond motifs is 1. The summed E-state index contributed by atoms with van der Waals surface area (Å²) in [6.07, 6.45) is 3.02. The second-order valence-corrected chi connectivity index (χ2v) is 5.33. The van der Waals surface area contributed by atoms with Crippen molar-refractivity contribution in [1.29, 1.82) is 0 Å². The van der Waals surface area contributed by atoms with Crippen molar-refractivity contribution >= 4 is 17.2 Å². The first kappa shape index (κ1) is 13.9. The number of aromatic nitrogens is 2. The Morgan fingerprint density at radius 2 is 2.38 bits per heavy atom. The lowest BCUT2D eigenvalue weighted by Crippen LogP contribution is -2.26. The van der Waals surface area contributed by atoms with E-state index in [1.54, 1.807) is 17.6 Å². The monoisotopic (exact) mass is 291 g/mol. The molecule has 2 atom stereocenters. The van der Waals surface area contributed by atoms with E-state index in [1.807, 2.05) is 24.0 Å². The van der Waals surface area contributed by atoms with Crippen LogP contribution in [0.2, 0.25) is 0 Å². The topological polar surface area (TPSA) is 46.8 Å². The van der Waals surface area contributed by atoms with Gasteiger partial charge in [0.15, 0.2) is 0 Å². The van der Waals surface area contributed by atoms with Gasteiger partial charge in [0, 0.05) is 30.9 Å². The molecule has 0 amide bonds. The van der Waals surface area contributed by atoms with Crippen molar-refractivity contribution in [2.75, 3.05) is 18.1 Å². The van der Waals surface area contributed by atoms with Gasteiger partial charge in [0.2, 0.25) is 0 Å². The van der Waals surface area contributed by atoms with Crippen LogP contribution in [0.25, 0.3) is 5.52 Å². The number of hydrogen-bond acceptors (Lipinski definition) is 4. The van der Waals surface area contributed by atoms with Gasteiger partial charge >= 0.3 is 5.97 Å². The normalized spacial score (nSPS) is 22.0. The molecular weight excluding hydrogens is 273 g/mol. The van der Waals surface area contributed by atoms with Crippen LogP contribution in [0.15, 0.2) is 24.5 Å². The summed E-state index contributed by atoms with van der Waals surface area (Å²) in [7, 11) is 0. The number of pyridine rings is 1. The average molecular weight is 291 g/mol. The van der Waals surface area contributed by atoms with E-state index in [-0.39, 0.29) is 12.0 Å². The molecule has 112 valence electrons. The highest BCUT2D eigenvalue weighted by atomic mass is 19.1. The number of rotatable bonds is 3. The molecule has 0 bridgehead atoms. The Morgan fingerprint density at radius 3 is 3.05 bits per heavy atom. The zero-order valence-corrected chi connectivity index (χ0v) is 12.1. The molecule has 0 unspecified atom stereocenters. The predicted octanol–water partition coefficient (Wildman–Crippen LogP) is 2.45. The number of alkyl halides is 1. The van der Waals surface area contributed by atoms with E-state index in [1.165, 1.54) is 6.20 Å². The number of nitrogens with zero attached hydrogens (tertiary/aromatic N) is 3. The van der Waals surface area contributed by atoms with Crippen molar-refractivity contribution in [3.63, 3.8) is 0 Å². The number of carbonyl (C=O) groups excluding carboxylic acids is 1. The molecule has 0 saturated carbocycles. The third-order valence-corrected chi connectivity index (χ3v) is 3.86. The van der Waals surface area contributed by atoms with Crippen molar-refractivity contribution in [1.82, 2.24) is 9.61 Å². The first-order valence-corrected chi connectivity index (χ1v) is 7.15. The number of carbonyl (C=O) groups is 1. The number of esters is 1. The summed E-state index contributed by atoms with van der Waals surface area (Å²) in [6, 6.07) is 3.91. The zero-order valence-electron chi connectivity index (χ0n) is 12.1. The van der Waals surface area contributed by atoms with Gasteiger partial charge in [-0.1, -0.05) is 0 Å². The van der Waals surface area contributed by atoms with Gasteiger partial charge in [-0.15, -0.1) is 0 Å². The van der Waals surface area contributed by atoms with E-state index >= 15 is 0 Å². The van der Waals surface area contributed by atoms with Gasteiger partial charge < -0.3 is 9.64 Å². The number of hydrogen-bond donors (Lipinski definition) is 0. The van der Waals surface area contributed by atoms with Crippen LogP contribution in [0.3, 0.4) is 0 Å². The molecule has 3 heterocycles. The molecule has 2 aromatic rings. The maximum absolute atomic E-state index is 13.5. The van der Waals surface area contributed by atoms with Gasteiger partial charge in [0.05, 0.1) is 18.3 Å². The first-order chi connectivity index (χ1) is 10.1. The van der Waals surface area contributed by atoms with Crippen molar-refractivity contribution in [2.45, 2.75) is 32.5 Å². The zero-order chi connectivity index (χ0) is 15.0. The SMILES string of the molecule is CCOC(=O)c1cnn2ccc(N3C[C@H](F)C[C@@H]3C)cc12. The van der Waals surface area contributed by atoms with Gasteiger partial charge in [0.1, 0.15) is 11.7 Å². The molecule has 3 rings (SSSR count). The molecule has 6 heteroatoms. The van der Waals surface area contributed by atoms with Crippen LogP contribution < -0.4 is 4.90 Å². The van der Waals surface area contributed by atoms with Crippen molar-refractivity contribution in [3.05, 3.63) is 30.1 Å². The lowest BCUT2D eigenvalue weighted by atomic mass is 10.2. The van der Waals surface area contributed by atoms with E-state index < -0.39 is 6.17 Å². The minimum absolute atomic E-state index is 0.149. The van der Waals surface area contributed by atoms with Crippen LogP contribution in [-0.4, -0.2) is 40.9 Å². The highest BCUT2D eigenvalue weighted by Gasteiger charge is 2.29. The van der Waals surface area contributed by atoms with Crippen LogP contribution >= 0.6 is 0 Å². The van der Waals surface area contributed by atoms with Crippen molar-refractivity contribution in [2.24, 2.45) is 0 Å². The van der Waals surface area contributed by atoms with E-state index in [0.717, 1.165) is 5.69 Å².